The van der Waals surface area contributed by atoms with Gasteiger partial charge in [-0.2, -0.15) is 0 Å². The summed E-state index contributed by atoms with van der Waals surface area (Å²) in [5.41, 5.74) is 0.701. The molecule has 0 radical (unpaired) electrons. The minimum Gasteiger partial charge on any atom is -0.549 e. The van der Waals surface area contributed by atoms with Gasteiger partial charge in [0, 0.05) is 16.9 Å². The first kappa shape index (κ1) is 14.6. The van der Waals surface area contributed by atoms with Gasteiger partial charge in [0.15, 0.2) is 0 Å². The number of hydrogen-bond acceptors (Lipinski definition) is 2. The maximum atomic E-state index is 10.9. The number of carbonyl (C=O) groups is 1. The zero-order valence-electron chi connectivity index (χ0n) is 9.16. The van der Waals surface area contributed by atoms with E-state index < -0.39 is 11.9 Å². The fourth-order valence-electron chi connectivity index (χ4n) is 1.49. The summed E-state index contributed by atoms with van der Waals surface area (Å²) in [7, 11) is 0. The first-order valence-electron chi connectivity index (χ1n) is 4.48. The van der Waals surface area contributed by atoms with Gasteiger partial charge >= 0.3 is 18.9 Å². The van der Waals surface area contributed by atoms with E-state index in [1.54, 1.807) is 24.3 Å². The van der Waals surface area contributed by atoms with Crippen LogP contribution in [0.5, 0.6) is 0 Å². The predicted molar refractivity (Wildman–Crippen MR) is 54.0 cm³/mol. The van der Waals surface area contributed by atoms with Crippen molar-refractivity contribution >= 4 is 17.6 Å². The first-order chi connectivity index (χ1) is 6.52. The second-order valence-electron chi connectivity index (χ2n) is 3.60. The Bertz CT molecular complexity index is 339. The van der Waals surface area contributed by atoms with Crippen LogP contribution in [-0.2, 0) is 4.79 Å². The molecule has 2 nitrogen and oxygen atoms in total. The van der Waals surface area contributed by atoms with Crippen molar-refractivity contribution in [3.05, 3.63) is 34.9 Å². The Kier molecular flexibility index (Phi) is 6.05. The van der Waals surface area contributed by atoms with Crippen molar-refractivity contribution in [1.82, 2.24) is 0 Å². The molecule has 76 valence electrons. The Morgan fingerprint density at radius 1 is 1.40 bits per heavy atom. The van der Waals surface area contributed by atoms with Gasteiger partial charge in [-0.15, -0.1) is 0 Å². The second-order valence-corrected chi connectivity index (χ2v) is 4.03. The summed E-state index contributed by atoms with van der Waals surface area (Å²) >= 11 is 5.78. The normalized spacial score (nSPS) is 12.0. The number of carbonyl (C=O) groups excluding carboxylic acids is 1. The average molecular weight is 219 g/mol. The molecule has 0 aliphatic carbocycles. The third kappa shape index (κ3) is 3.91. The van der Waals surface area contributed by atoms with E-state index in [0.717, 1.165) is 0 Å². The Hall–Kier alpha value is -0.423. The summed E-state index contributed by atoms with van der Waals surface area (Å²) in [5, 5.41) is 11.4. The molecule has 0 bridgehead atoms. The van der Waals surface area contributed by atoms with Crippen LogP contribution in [0.2, 0.25) is 5.02 Å². The van der Waals surface area contributed by atoms with E-state index in [-0.39, 0.29) is 24.8 Å². The van der Waals surface area contributed by atoms with Crippen molar-refractivity contribution in [2.45, 2.75) is 19.8 Å². The Morgan fingerprint density at radius 2 is 2.00 bits per heavy atom. The quantitative estimate of drug-likeness (QED) is 0.600. The van der Waals surface area contributed by atoms with Gasteiger partial charge in [0.1, 0.15) is 0 Å². The Morgan fingerprint density at radius 3 is 2.40 bits per heavy atom. The molecular weight excluding hydrogens is 207 g/mol. The molecule has 0 fully saturated rings. The van der Waals surface area contributed by atoms with Crippen LogP contribution in [-0.4, -0.2) is 5.97 Å². The zero-order chi connectivity index (χ0) is 10.7. The number of aliphatic carboxylic acids is 1. The number of carboxylic acids is 1. The summed E-state index contributed by atoms with van der Waals surface area (Å²) in [4.78, 5) is 10.9. The molecule has 0 saturated carbocycles. The first-order valence-corrected chi connectivity index (χ1v) is 4.86. The van der Waals surface area contributed by atoms with Gasteiger partial charge in [-0.1, -0.05) is 37.6 Å². The maximum Gasteiger partial charge on any atom is 1.00 e. The topological polar surface area (TPSA) is 40.1 Å². The molecule has 0 aliphatic heterocycles. The van der Waals surface area contributed by atoms with E-state index in [2.05, 4.69) is 0 Å². The van der Waals surface area contributed by atoms with Crippen LogP contribution < -0.4 is 24.0 Å². The molecular formula is C11H12ClLiO2. The number of halogens is 1. The molecule has 0 saturated heterocycles. The Balaban J connectivity index is 0.00000196. The van der Waals surface area contributed by atoms with Gasteiger partial charge in [-0.3, -0.25) is 0 Å². The molecule has 0 aromatic heterocycles. The van der Waals surface area contributed by atoms with Crippen molar-refractivity contribution in [3.63, 3.8) is 0 Å². The number of hydrogen-bond donors (Lipinski definition) is 0. The summed E-state index contributed by atoms with van der Waals surface area (Å²) in [5.74, 6) is -1.64. The molecule has 1 aromatic rings. The third-order valence-corrected chi connectivity index (χ3v) is 2.36. The standard InChI is InChI=1S/C11H13ClO2.Li/c1-7(2)10(11(13)14)8-4-3-5-9(12)6-8;/h3-7,10H,1-2H3,(H,13,14);/q;+1/p-1. The van der Waals surface area contributed by atoms with Crippen LogP contribution in [0.25, 0.3) is 0 Å². The minimum absolute atomic E-state index is 0. The number of rotatable bonds is 3. The molecule has 0 N–H and O–H groups in total. The number of benzene rings is 1. The van der Waals surface area contributed by atoms with Gasteiger partial charge in [0.2, 0.25) is 0 Å². The van der Waals surface area contributed by atoms with E-state index in [1.807, 2.05) is 13.8 Å². The van der Waals surface area contributed by atoms with E-state index in [9.17, 15) is 9.90 Å². The van der Waals surface area contributed by atoms with Crippen LogP contribution in [0.3, 0.4) is 0 Å². The molecule has 1 rings (SSSR count). The van der Waals surface area contributed by atoms with E-state index in [0.29, 0.717) is 10.6 Å². The van der Waals surface area contributed by atoms with Crippen molar-refractivity contribution < 1.29 is 28.8 Å². The van der Waals surface area contributed by atoms with Gasteiger partial charge in [-0.05, 0) is 23.6 Å². The zero-order valence-corrected chi connectivity index (χ0v) is 9.91. The average Bonchev–Trinajstić information content (AvgIpc) is 2.02. The molecule has 0 amide bonds. The molecule has 1 unspecified atom stereocenters. The molecule has 4 heteroatoms. The molecule has 1 atom stereocenters. The van der Waals surface area contributed by atoms with Gasteiger partial charge < -0.3 is 9.90 Å². The molecule has 0 heterocycles. The van der Waals surface area contributed by atoms with E-state index >= 15 is 0 Å². The summed E-state index contributed by atoms with van der Waals surface area (Å²) < 4.78 is 0. The summed E-state index contributed by atoms with van der Waals surface area (Å²) in [6.45, 7) is 3.70. The van der Waals surface area contributed by atoms with Crippen LogP contribution in [0.4, 0.5) is 0 Å². The summed E-state index contributed by atoms with van der Waals surface area (Å²) in [6.07, 6.45) is 0. The third-order valence-electron chi connectivity index (χ3n) is 2.13. The molecule has 0 aliphatic rings. The van der Waals surface area contributed by atoms with Crippen molar-refractivity contribution in [2.75, 3.05) is 0 Å². The van der Waals surface area contributed by atoms with E-state index in [1.165, 1.54) is 0 Å². The van der Waals surface area contributed by atoms with Gasteiger partial charge in [0.05, 0.1) is 0 Å². The van der Waals surface area contributed by atoms with Gasteiger partial charge in [0.25, 0.3) is 0 Å². The minimum atomic E-state index is -1.05. The predicted octanol–water partition coefficient (Wildman–Crippen LogP) is -1.17. The van der Waals surface area contributed by atoms with Crippen molar-refractivity contribution in [1.29, 1.82) is 0 Å². The van der Waals surface area contributed by atoms with Crippen LogP contribution in [0.1, 0.15) is 25.3 Å². The maximum absolute atomic E-state index is 10.9. The molecule has 0 spiro atoms. The van der Waals surface area contributed by atoms with Crippen LogP contribution in [0.15, 0.2) is 24.3 Å². The molecule has 15 heavy (non-hydrogen) atoms. The van der Waals surface area contributed by atoms with Crippen LogP contribution >= 0.6 is 11.6 Å². The largest absolute Gasteiger partial charge is 1.00 e. The Labute approximate surface area is 107 Å². The molecule has 1 aromatic carbocycles. The van der Waals surface area contributed by atoms with E-state index in [4.69, 9.17) is 11.6 Å². The van der Waals surface area contributed by atoms with Crippen molar-refractivity contribution in [3.8, 4) is 0 Å². The smallest absolute Gasteiger partial charge is 0.549 e. The van der Waals surface area contributed by atoms with Gasteiger partial charge in [-0.25, -0.2) is 0 Å². The fraction of sp³-hybridized carbons (Fsp3) is 0.364. The number of carboxylic acid groups (broad SMARTS) is 1. The summed E-state index contributed by atoms with van der Waals surface area (Å²) in [6, 6.07) is 6.89. The van der Waals surface area contributed by atoms with Crippen molar-refractivity contribution in [2.24, 2.45) is 5.92 Å². The monoisotopic (exact) mass is 218 g/mol. The van der Waals surface area contributed by atoms with Crippen LogP contribution in [0, 0.1) is 5.92 Å². The second kappa shape index (κ2) is 6.22. The fourth-order valence-corrected chi connectivity index (χ4v) is 1.69. The SMILES string of the molecule is CC(C)C(C(=O)[O-])c1cccc(Cl)c1.[Li+].